The van der Waals surface area contributed by atoms with Gasteiger partial charge in [0.1, 0.15) is 15.9 Å². The summed E-state index contributed by atoms with van der Waals surface area (Å²) in [5.74, 6) is 1.38. The van der Waals surface area contributed by atoms with Crippen molar-refractivity contribution in [3.8, 4) is 0 Å². The third-order valence-corrected chi connectivity index (χ3v) is 4.80. The minimum absolute atomic E-state index is 0.416. The Hall–Kier alpha value is -0.380. The molecule has 0 bridgehead atoms. The summed E-state index contributed by atoms with van der Waals surface area (Å²) in [6.45, 7) is 6.92. The fourth-order valence-electron chi connectivity index (χ4n) is 2.86. The molecule has 0 saturated heterocycles. The molecule has 0 unspecified atom stereocenters. The van der Waals surface area contributed by atoms with Crippen molar-refractivity contribution in [3.63, 3.8) is 0 Å². The van der Waals surface area contributed by atoms with Crippen molar-refractivity contribution >= 4 is 23.2 Å². The van der Waals surface area contributed by atoms with Gasteiger partial charge in [0, 0.05) is 12.2 Å². The van der Waals surface area contributed by atoms with Crippen LogP contribution in [0.4, 0.5) is 0 Å². The lowest BCUT2D eigenvalue weighted by Gasteiger charge is -2.38. The minimum atomic E-state index is -0.416. The van der Waals surface area contributed by atoms with Crippen LogP contribution in [0.3, 0.4) is 0 Å². The van der Waals surface area contributed by atoms with E-state index in [9.17, 15) is 0 Å². The minimum Gasteiger partial charge on any atom is -0.367 e. The molecule has 1 aromatic rings. The van der Waals surface area contributed by atoms with Gasteiger partial charge in [0.2, 0.25) is 0 Å². The third-order valence-electron chi connectivity index (χ3n) is 4.17. The zero-order valence-electron chi connectivity index (χ0n) is 12.4. The summed E-state index contributed by atoms with van der Waals surface area (Å²) in [5.41, 5.74) is 0.397. The Morgan fingerprint density at radius 2 is 1.70 bits per heavy atom. The highest BCUT2D eigenvalue weighted by atomic mass is 35.5. The van der Waals surface area contributed by atoms with E-state index in [1.165, 1.54) is 0 Å². The molecule has 3 nitrogen and oxygen atoms in total. The second-order valence-corrected chi connectivity index (χ2v) is 6.29. The number of hydrogen-bond acceptors (Lipinski definition) is 3. The SMILES string of the molecule is CCOC1(c2nc(Cl)c(CC)c(Cl)n2)CCC(C)CC1. The number of hydrogen-bond donors (Lipinski definition) is 0. The molecule has 1 fully saturated rings. The van der Waals surface area contributed by atoms with E-state index < -0.39 is 5.60 Å². The molecule has 5 heteroatoms. The third kappa shape index (κ3) is 3.10. The first-order valence-electron chi connectivity index (χ1n) is 7.38. The Bertz CT molecular complexity index is 448. The summed E-state index contributed by atoms with van der Waals surface area (Å²) in [6.07, 6.45) is 4.83. The smallest absolute Gasteiger partial charge is 0.163 e. The number of halogens is 2. The molecule has 2 rings (SSSR count). The lowest BCUT2D eigenvalue weighted by Crippen LogP contribution is -2.36. The van der Waals surface area contributed by atoms with Crippen LogP contribution in [-0.4, -0.2) is 16.6 Å². The van der Waals surface area contributed by atoms with Crippen molar-refractivity contribution < 1.29 is 4.74 Å². The van der Waals surface area contributed by atoms with Gasteiger partial charge in [0.25, 0.3) is 0 Å². The van der Waals surface area contributed by atoms with E-state index in [2.05, 4.69) is 16.9 Å². The van der Waals surface area contributed by atoms with Crippen molar-refractivity contribution in [2.45, 2.75) is 58.5 Å². The zero-order valence-corrected chi connectivity index (χ0v) is 13.9. The zero-order chi connectivity index (χ0) is 14.8. The Labute approximate surface area is 131 Å². The molecule has 0 amide bonds. The van der Waals surface area contributed by atoms with Gasteiger partial charge >= 0.3 is 0 Å². The Morgan fingerprint density at radius 1 is 1.15 bits per heavy atom. The van der Waals surface area contributed by atoms with Crippen LogP contribution in [0.5, 0.6) is 0 Å². The largest absolute Gasteiger partial charge is 0.367 e. The molecule has 1 aromatic heterocycles. The van der Waals surface area contributed by atoms with Crippen LogP contribution in [-0.2, 0) is 16.8 Å². The molecule has 20 heavy (non-hydrogen) atoms. The van der Waals surface area contributed by atoms with Gasteiger partial charge in [-0.2, -0.15) is 0 Å². The summed E-state index contributed by atoms with van der Waals surface area (Å²) in [4.78, 5) is 8.98. The molecule has 1 saturated carbocycles. The number of nitrogens with zero attached hydrogens (tertiary/aromatic N) is 2. The summed E-state index contributed by atoms with van der Waals surface area (Å²) in [5, 5.41) is 0.917. The summed E-state index contributed by atoms with van der Waals surface area (Å²) in [6, 6.07) is 0. The van der Waals surface area contributed by atoms with Crippen molar-refractivity contribution in [2.75, 3.05) is 6.61 Å². The summed E-state index contributed by atoms with van der Waals surface area (Å²) in [7, 11) is 0. The maximum atomic E-state index is 6.25. The van der Waals surface area contributed by atoms with E-state index >= 15 is 0 Å². The lowest BCUT2D eigenvalue weighted by atomic mass is 9.79. The van der Waals surface area contributed by atoms with Crippen LogP contribution in [0, 0.1) is 5.92 Å². The molecule has 1 heterocycles. The molecule has 0 N–H and O–H groups in total. The van der Waals surface area contributed by atoms with E-state index in [1.54, 1.807) is 0 Å². The molecule has 0 aliphatic heterocycles. The van der Waals surface area contributed by atoms with Crippen LogP contribution >= 0.6 is 23.2 Å². The molecule has 0 radical (unpaired) electrons. The van der Waals surface area contributed by atoms with Gasteiger partial charge in [-0.15, -0.1) is 0 Å². The van der Waals surface area contributed by atoms with Gasteiger partial charge in [0.15, 0.2) is 5.82 Å². The van der Waals surface area contributed by atoms with E-state index in [0.717, 1.165) is 43.6 Å². The predicted molar refractivity (Wildman–Crippen MR) is 82.4 cm³/mol. The topological polar surface area (TPSA) is 35.0 Å². The molecular formula is C15H22Cl2N2O. The van der Waals surface area contributed by atoms with E-state index in [1.807, 2.05) is 13.8 Å². The quantitative estimate of drug-likeness (QED) is 0.749. The monoisotopic (exact) mass is 316 g/mol. The Kier molecular flexibility index (Phi) is 5.27. The Balaban J connectivity index is 2.39. The van der Waals surface area contributed by atoms with Gasteiger partial charge in [-0.3, -0.25) is 0 Å². The first kappa shape index (κ1) is 16.0. The van der Waals surface area contributed by atoms with Gasteiger partial charge in [-0.25, -0.2) is 9.97 Å². The Morgan fingerprint density at radius 3 is 2.15 bits per heavy atom. The van der Waals surface area contributed by atoms with E-state index in [-0.39, 0.29) is 0 Å². The average Bonchev–Trinajstić information content (AvgIpc) is 2.41. The first-order chi connectivity index (χ1) is 9.52. The second kappa shape index (κ2) is 6.59. The van der Waals surface area contributed by atoms with Gasteiger partial charge in [-0.1, -0.05) is 37.0 Å². The first-order valence-corrected chi connectivity index (χ1v) is 8.14. The van der Waals surface area contributed by atoms with Crippen LogP contribution in [0.25, 0.3) is 0 Å². The normalized spacial score (nSPS) is 26.8. The van der Waals surface area contributed by atoms with Crippen LogP contribution in [0.2, 0.25) is 10.3 Å². The fourth-order valence-corrected chi connectivity index (χ4v) is 3.52. The highest BCUT2D eigenvalue weighted by Gasteiger charge is 2.40. The van der Waals surface area contributed by atoms with Crippen LogP contribution in [0.15, 0.2) is 0 Å². The van der Waals surface area contributed by atoms with Crippen LogP contribution in [0.1, 0.15) is 57.8 Å². The molecular weight excluding hydrogens is 295 g/mol. The van der Waals surface area contributed by atoms with E-state index in [4.69, 9.17) is 27.9 Å². The highest BCUT2D eigenvalue weighted by Crippen LogP contribution is 2.42. The predicted octanol–water partition coefficient (Wildman–Crippen LogP) is 4.79. The van der Waals surface area contributed by atoms with Crippen molar-refractivity contribution in [3.05, 3.63) is 21.7 Å². The highest BCUT2D eigenvalue weighted by molar-refractivity contribution is 6.34. The van der Waals surface area contributed by atoms with Gasteiger partial charge < -0.3 is 4.74 Å². The van der Waals surface area contributed by atoms with E-state index in [0.29, 0.717) is 22.7 Å². The van der Waals surface area contributed by atoms with Gasteiger partial charge in [-0.05, 0) is 44.9 Å². The molecule has 1 aliphatic carbocycles. The summed E-state index contributed by atoms with van der Waals surface area (Å²) >= 11 is 12.5. The van der Waals surface area contributed by atoms with Crippen molar-refractivity contribution in [1.29, 1.82) is 0 Å². The van der Waals surface area contributed by atoms with Crippen molar-refractivity contribution in [2.24, 2.45) is 5.92 Å². The maximum Gasteiger partial charge on any atom is 0.163 e. The molecule has 0 aromatic carbocycles. The summed E-state index contributed by atoms with van der Waals surface area (Å²) < 4.78 is 6.05. The van der Waals surface area contributed by atoms with Crippen LogP contribution < -0.4 is 0 Å². The average molecular weight is 317 g/mol. The molecule has 112 valence electrons. The van der Waals surface area contributed by atoms with Crippen molar-refractivity contribution in [1.82, 2.24) is 9.97 Å². The van der Waals surface area contributed by atoms with Gasteiger partial charge in [0.05, 0.1) is 0 Å². The molecule has 1 aliphatic rings. The maximum absolute atomic E-state index is 6.25. The molecule has 0 atom stereocenters. The fraction of sp³-hybridized carbons (Fsp3) is 0.733. The number of ether oxygens (including phenoxy) is 1. The second-order valence-electron chi connectivity index (χ2n) is 5.57. The lowest BCUT2D eigenvalue weighted by molar-refractivity contribution is -0.0837. The molecule has 0 spiro atoms. The standard InChI is InChI=1S/C15H22Cl2N2O/c1-4-11-12(16)18-14(19-13(11)17)15(20-5-2)8-6-10(3)7-9-15/h10H,4-9H2,1-3H3. The number of rotatable bonds is 4. The number of aromatic nitrogens is 2.